The molecule has 4 atom stereocenters. The van der Waals surface area contributed by atoms with E-state index in [0.29, 0.717) is 23.5 Å². The lowest BCUT2D eigenvalue weighted by Gasteiger charge is -2.55. The van der Waals surface area contributed by atoms with Crippen LogP contribution in [0.1, 0.15) is 71.6 Å². The zero-order valence-corrected chi connectivity index (χ0v) is 33.1. The monoisotopic (exact) mass is 752 g/mol. The second-order valence-electron chi connectivity index (χ2n) is 16.2. The van der Waals surface area contributed by atoms with Gasteiger partial charge < -0.3 is 33.4 Å². The Hall–Kier alpha value is -4.91. The highest BCUT2D eigenvalue weighted by atomic mass is 28.4. The molecule has 284 valence electrons. The molecule has 1 aromatic heterocycles. The summed E-state index contributed by atoms with van der Waals surface area (Å²) in [6, 6.07) is 19.8. The maximum Gasteiger partial charge on any atom is 0.265 e. The minimum absolute atomic E-state index is 0.0178. The molecule has 11 nitrogen and oxygen atoms in total. The number of benzene rings is 3. The minimum Gasteiger partial charge on any atom is -0.507 e. The summed E-state index contributed by atoms with van der Waals surface area (Å²) in [4.78, 5) is 33.1. The van der Waals surface area contributed by atoms with E-state index < -0.39 is 48.4 Å². The Morgan fingerprint density at radius 3 is 2.11 bits per heavy atom. The van der Waals surface area contributed by atoms with E-state index in [-0.39, 0.29) is 59.5 Å². The van der Waals surface area contributed by atoms with Crippen LogP contribution in [0.4, 0.5) is 0 Å². The van der Waals surface area contributed by atoms with Gasteiger partial charge in [-0.3, -0.25) is 14.5 Å². The molecule has 3 aliphatic rings. The van der Waals surface area contributed by atoms with Crippen LogP contribution in [0.2, 0.25) is 18.1 Å². The summed E-state index contributed by atoms with van der Waals surface area (Å²) in [6.45, 7) is 10.4. The predicted octanol–water partition coefficient (Wildman–Crippen LogP) is 7.84. The second-order valence-corrected chi connectivity index (χ2v) is 21.0. The van der Waals surface area contributed by atoms with E-state index in [0.717, 1.165) is 11.1 Å². The third kappa shape index (κ3) is 6.00. The van der Waals surface area contributed by atoms with Crippen molar-refractivity contribution >= 4 is 25.6 Å². The number of phenols is 1. The molecule has 0 aliphatic heterocycles. The fourth-order valence-corrected chi connectivity index (χ4v) is 9.47. The van der Waals surface area contributed by atoms with Crippen LogP contribution in [-0.4, -0.2) is 67.0 Å². The van der Waals surface area contributed by atoms with Gasteiger partial charge in [-0.2, -0.15) is 0 Å². The standard InChI is InChI=1S/C42H48N2O9Si/c1-41(2,3)54(7,8)53-42-28(34(44(4)5)37-33(39(42)48)40(43-52-37)51-23-25-17-13-10-14-18-25)20-26-19-27-30(49-6)21-29(45)36(32(27)35(46)31(26)38(42)47)50-22-24-15-11-9-12-16-24/h9-18,21,26,28,34,45-46H,19-20,22-23H2,1-8H3/t26-,28-,34-,42?/m0/s1. The summed E-state index contributed by atoms with van der Waals surface area (Å²) in [5.74, 6) is -2.42. The molecule has 2 N–H and O–H groups in total. The summed E-state index contributed by atoms with van der Waals surface area (Å²) in [5, 5.41) is 27.5. The Morgan fingerprint density at radius 1 is 0.926 bits per heavy atom. The normalized spacial score (nSPS) is 22.4. The number of ketones is 2. The molecule has 4 aromatic rings. The number of aromatic nitrogens is 1. The van der Waals surface area contributed by atoms with Crippen molar-refractivity contribution in [2.75, 3.05) is 21.2 Å². The number of aliphatic hydroxyl groups is 1. The number of Topliss-reactive ketones (excluding diaryl/α,β-unsaturated/α-hetero) is 2. The maximum atomic E-state index is 15.7. The Balaban J connectivity index is 1.42. The summed E-state index contributed by atoms with van der Waals surface area (Å²) in [5.41, 5.74) is 0.538. The van der Waals surface area contributed by atoms with Crippen molar-refractivity contribution in [1.82, 2.24) is 10.1 Å². The van der Waals surface area contributed by atoms with Crippen LogP contribution in [0.15, 0.2) is 76.8 Å². The van der Waals surface area contributed by atoms with E-state index in [2.05, 4.69) is 25.9 Å². The molecular formula is C42H48N2O9Si. The lowest BCUT2D eigenvalue weighted by Crippen LogP contribution is -2.68. The van der Waals surface area contributed by atoms with Gasteiger partial charge in [0.25, 0.3) is 5.88 Å². The molecule has 12 heteroatoms. The highest BCUT2D eigenvalue weighted by Gasteiger charge is 2.69. The molecule has 7 rings (SSSR count). The molecule has 1 saturated carbocycles. The van der Waals surface area contributed by atoms with E-state index in [4.69, 9.17) is 23.2 Å². The number of ether oxygens (including phenoxy) is 3. The van der Waals surface area contributed by atoms with Crippen LogP contribution in [0.25, 0.3) is 5.76 Å². The second kappa shape index (κ2) is 13.7. The molecule has 3 aromatic carbocycles. The average Bonchev–Trinajstić information content (AvgIpc) is 3.55. The number of hydrogen-bond acceptors (Lipinski definition) is 11. The van der Waals surface area contributed by atoms with Crippen molar-refractivity contribution in [1.29, 1.82) is 0 Å². The fourth-order valence-electron chi connectivity index (χ4n) is 8.02. The molecule has 0 saturated heterocycles. The number of hydrogen-bond donors (Lipinski definition) is 2. The SMILES string of the molecule is COc1cc(O)c(OCc2ccccc2)c2c1C[C@H]1C[C@H]3[C@H](N(C)C)c4onc(OCc5ccccc5)c4C(=O)C3(O[Si](C)(C)C(C)(C)C)C(=O)C1=C2O. The van der Waals surface area contributed by atoms with E-state index in [9.17, 15) is 10.2 Å². The van der Waals surface area contributed by atoms with E-state index in [1.807, 2.05) is 92.8 Å². The molecule has 1 unspecified atom stereocenters. The quantitative estimate of drug-likeness (QED) is 0.121. The molecular weight excluding hydrogens is 705 g/mol. The number of methoxy groups -OCH3 is 1. The van der Waals surface area contributed by atoms with Crippen molar-refractivity contribution in [3.63, 3.8) is 0 Å². The number of fused-ring (bicyclic) bond motifs is 4. The first-order valence-corrected chi connectivity index (χ1v) is 21.2. The van der Waals surface area contributed by atoms with E-state index >= 15 is 9.59 Å². The minimum atomic E-state index is -2.92. The maximum absolute atomic E-state index is 15.7. The van der Waals surface area contributed by atoms with E-state index in [1.165, 1.54) is 13.2 Å². The van der Waals surface area contributed by atoms with Gasteiger partial charge in [0.2, 0.25) is 11.6 Å². The molecule has 1 fully saturated rings. The molecule has 0 amide bonds. The molecule has 3 aliphatic carbocycles. The van der Waals surface area contributed by atoms with Crippen molar-refractivity contribution in [2.45, 2.75) is 76.6 Å². The first-order chi connectivity index (χ1) is 25.6. The first-order valence-electron chi connectivity index (χ1n) is 18.3. The van der Waals surface area contributed by atoms with Crippen LogP contribution in [-0.2, 0) is 28.9 Å². The van der Waals surface area contributed by atoms with Crippen LogP contribution < -0.4 is 14.2 Å². The number of carbonyl (C=O) groups excluding carboxylic acids is 2. The summed E-state index contributed by atoms with van der Waals surface area (Å²) in [7, 11) is 2.32. The highest BCUT2D eigenvalue weighted by molar-refractivity contribution is 6.74. The van der Waals surface area contributed by atoms with Gasteiger partial charge in [-0.05, 0) is 67.3 Å². The van der Waals surface area contributed by atoms with Crippen molar-refractivity contribution in [3.8, 4) is 23.1 Å². The first kappa shape index (κ1) is 37.4. The lowest BCUT2D eigenvalue weighted by atomic mass is 9.57. The van der Waals surface area contributed by atoms with Crippen LogP contribution in [0, 0.1) is 11.8 Å². The van der Waals surface area contributed by atoms with Crippen molar-refractivity contribution in [3.05, 3.63) is 106 Å². The fraction of sp³-hybridized carbons (Fsp3) is 0.405. The number of rotatable bonds is 10. The highest BCUT2D eigenvalue weighted by Crippen LogP contribution is 2.60. The van der Waals surface area contributed by atoms with E-state index in [1.54, 1.807) is 0 Å². The van der Waals surface area contributed by atoms with Crippen molar-refractivity contribution < 1.29 is 43.0 Å². The third-order valence-corrected chi connectivity index (χ3v) is 16.1. The largest absolute Gasteiger partial charge is 0.507 e. The number of carbonyl (C=O) groups is 2. The number of nitrogens with zero attached hydrogens (tertiary/aromatic N) is 2. The summed E-state index contributed by atoms with van der Waals surface area (Å²) in [6.07, 6.45) is 0.569. The summed E-state index contributed by atoms with van der Waals surface area (Å²) >= 11 is 0. The number of phenolic OH excluding ortho intramolecular Hbond substituents is 1. The van der Waals surface area contributed by atoms with Gasteiger partial charge in [0.15, 0.2) is 31.2 Å². The zero-order valence-electron chi connectivity index (χ0n) is 32.1. The zero-order chi connectivity index (χ0) is 38.7. The van der Waals surface area contributed by atoms with Gasteiger partial charge in [-0.15, -0.1) is 0 Å². The van der Waals surface area contributed by atoms with Crippen LogP contribution >= 0.6 is 0 Å². The Morgan fingerprint density at radius 2 is 1.54 bits per heavy atom. The molecule has 0 radical (unpaired) electrons. The Labute approximate surface area is 316 Å². The number of aromatic hydroxyl groups is 1. The smallest absolute Gasteiger partial charge is 0.265 e. The average molecular weight is 753 g/mol. The molecule has 1 heterocycles. The third-order valence-electron chi connectivity index (χ3n) is 11.7. The lowest BCUT2D eigenvalue weighted by molar-refractivity contribution is -0.140. The Kier molecular flexibility index (Phi) is 9.52. The predicted molar refractivity (Wildman–Crippen MR) is 204 cm³/mol. The molecule has 54 heavy (non-hydrogen) atoms. The molecule has 0 bridgehead atoms. The number of aliphatic hydroxyl groups excluding tert-OH is 1. The van der Waals surface area contributed by atoms with Gasteiger partial charge >= 0.3 is 0 Å². The van der Waals surface area contributed by atoms with Gasteiger partial charge in [0.1, 0.15) is 30.3 Å². The summed E-state index contributed by atoms with van der Waals surface area (Å²) < 4.78 is 31.3. The van der Waals surface area contributed by atoms with Gasteiger partial charge in [0.05, 0.1) is 18.7 Å². The van der Waals surface area contributed by atoms with Crippen LogP contribution in [0.3, 0.4) is 0 Å². The van der Waals surface area contributed by atoms with Gasteiger partial charge in [-0.1, -0.05) is 81.4 Å². The van der Waals surface area contributed by atoms with Gasteiger partial charge in [0, 0.05) is 23.1 Å². The topological polar surface area (TPSA) is 141 Å². The molecule has 0 spiro atoms. The van der Waals surface area contributed by atoms with Gasteiger partial charge in [-0.25, -0.2) is 0 Å². The Bertz CT molecular complexity index is 2120. The van der Waals surface area contributed by atoms with Crippen molar-refractivity contribution in [2.24, 2.45) is 11.8 Å². The van der Waals surface area contributed by atoms with Crippen LogP contribution in [0.5, 0.6) is 23.1 Å².